The quantitative estimate of drug-likeness (QED) is 0.589. The van der Waals surface area contributed by atoms with Crippen LogP contribution in [-0.4, -0.2) is 11.1 Å². The van der Waals surface area contributed by atoms with E-state index in [0.29, 0.717) is 11.3 Å². The van der Waals surface area contributed by atoms with Crippen LogP contribution in [0.5, 0.6) is 5.75 Å². The molecule has 1 aromatic rings. The highest BCUT2D eigenvalue weighted by Gasteiger charge is 2.07. The summed E-state index contributed by atoms with van der Waals surface area (Å²) in [7, 11) is 0. The molecule has 0 fully saturated rings. The molecule has 1 rings (SSSR count). The highest BCUT2D eigenvalue weighted by Crippen LogP contribution is 2.21. The minimum atomic E-state index is -1.21. The van der Waals surface area contributed by atoms with Crippen molar-refractivity contribution >= 4 is 11.7 Å². The summed E-state index contributed by atoms with van der Waals surface area (Å²) in [5.74, 6) is -1.75. The van der Waals surface area contributed by atoms with E-state index in [1.165, 1.54) is 6.07 Å². The molecule has 0 aliphatic carbocycles. The van der Waals surface area contributed by atoms with Gasteiger partial charge in [0.15, 0.2) is 0 Å². The number of anilines is 1. The van der Waals surface area contributed by atoms with E-state index in [-0.39, 0.29) is 5.56 Å². The maximum absolute atomic E-state index is 11.0. The van der Waals surface area contributed by atoms with Gasteiger partial charge in [0, 0.05) is 5.69 Å². The summed E-state index contributed by atoms with van der Waals surface area (Å²) in [4.78, 5) is 10.5. The zero-order valence-electron chi connectivity index (χ0n) is 6.50. The van der Waals surface area contributed by atoms with Crippen molar-refractivity contribution in [2.75, 3.05) is 5.73 Å². The van der Waals surface area contributed by atoms with Gasteiger partial charge in [0.05, 0.1) is 5.56 Å². The third-order valence-corrected chi connectivity index (χ3v) is 1.54. The Morgan fingerprint density at radius 3 is 2.58 bits per heavy atom. The molecule has 12 heavy (non-hydrogen) atoms. The summed E-state index contributed by atoms with van der Waals surface area (Å²) in [5, 5.41) is 19.6. The van der Waals surface area contributed by atoms with Crippen LogP contribution in [0.2, 0.25) is 0 Å². The zero-order chi connectivity index (χ0) is 9.30. The number of carboxylic acid groups (broad SMARTS) is 1. The average Bonchev–Trinajstić information content (AvgIpc) is 1.82. The fourth-order valence-corrected chi connectivity index (χ4v) is 1.06. The second-order valence-corrected chi connectivity index (χ2v) is 2.52. The van der Waals surface area contributed by atoms with Crippen LogP contribution in [0.1, 0.15) is 15.9 Å². The molecule has 0 spiro atoms. The van der Waals surface area contributed by atoms with Crippen LogP contribution in [0, 0.1) is 6.92 Å². The van der Waals surface area contributed by atoms with Crippen molar-refractivity contribution in [1.82, 2.24) is 0 Å². The summed E-state index contributed by atoms with van der Waals surface area (Å²) in [6.45, 7) is 1.54. The van der Waals surface area contributed by atoms with E-state index < -0.39 is 11.7 Å². The predicted octanol–water partition coefficient (Wildman–Crippen LogP) is 0.349. The number of benzene rings is 1. The largest absolute Gasteiger partial charge is 0.872 e. The number of hydrogen-bond donors (Lipinski definition) is 2. The third kappa shape index (κ3) is 1.32. The van der Waals surface area contributed by atoms with Gasteiger partial charge in [0.1, 0.15) is 0 Å². The first-order valence-electron chi connectivity index (χ1n) is 3.33. The molecule has 0 aliphatic heterocycles. The van der Waals surface area contributed by atoms with Crippen molar-refractivity contribution in [2.24, 2.45) is 0 Å². The maximum Gasteiger partial charge on any atom is 0.335 e. The van der Waals surface area contributed by atoms with Gasteiger partial charge in [-0.3, -0.25) is 0 Å². The summed E-state index contributed by atoms with van der Waals surface area (Å²) in [6.07, 6.45) is 0. The third-order valence-electron chi connectivity index (χ3n) is 1.54. The Balaban J connectivity index is 3.38. The molecule has 0 aliphatic rings. The number of carboxylic acids is 1. The normalized spacial score (nSPS) is 9.75. The standard InChI is InChI=1S/C8H9NO3/c1-4-2-5(9)3-6(10)7(4)8(11)12/h2-3,10H,9H2,1H3,(H,11,12)/p-1. The molecule has 0 bridgehead atoms. The molecule has 4 heteroatoms. The van der Waals surface area contributed by atoms with E-state index in [1.807, 2.05) is 0 Å². The fraction of sp³-hybridized carbons (Fsp3) is 0.125. The van der Waals surface area contributed by atoms with Crippen LogP contribution < -0.4 is 10.8 Å². The molecular weight excluding hydrogens is 158 g/mol. The summed E-state index contributed by atoms with van der Waals surface area (Å²) in [6, 6.07) is 2.57. The number of rotatable bonds is 1. The van der Waals surface area contributed by atoms with Crippen molar-refractivity contribution in [1.29, 1.82) is 0 Å². The minimum absolute atomic E-state index is 0.204. The van der Waals surface area contributed by atoms with Gasteiger partial charge >= 0.3 is 5.97 Å². The SMILES string of the molecule is Cc1cc(N)cc([O-])c1C(=O)O. The first-order valence-corrected chi connectivity index (χ1v) is 3.33. The Morgan fingerprint density at radius 1 is 1.58 bits per heavy atom. The van der Waals surface area contributed by atoms with Gasteiger partial charge < -0.3 is 15.9 Å². The molecule has 4 nitrogen and oxygen atoms in total. The lowest BCUT2D eigenvalue weighted by Gasteiger charge is -2.13. The van der Waals surface area contributed by atoms with E-state index in [2.05, 4.69) is 0 Å². The smallest absolute Gasteiger partial charge is 0.335 e. The number of aromatic carboxylic acids is 1. The van der Waals surface area contributed by atoms with Gasteiger partial charge in [-0.25, -0.2) is 4.79 Å². The van der Waals surface area contributed by atoms with Crippen LogP contribution in [0.4, 0.5) is 5.69 Å². The Morgan fingerprint density at radius 2 is 2.17 bits per heavy atom. The van der Waals surface area contributed by atoms with Crippen LogP contribution in [0.25, 0.3) is 0 Å². The highest BCUT2D eigenvalue weighted by molar-refractivity contribution is 5.92. The molecule has 1 aromatic carbocycles. The number of hydrogen-bond acceptors (Lipinski definition) is 3. The molecule has 64 valence electrons. The molecular formula is C8H8NO3-. The summed E-state index contributed by atoms with van der Waals surface area (Å²) >= 11 is 0. The first-order chi connectivity index (χ1) is 5.52. The second-order valence-electron chi connectivity index (χ2n) is 2.52. The van der Waals surface area contributed by atoms with E-state index >= 15 is 0 Å². The van der Waals surface area contributed by atoms with Crippen molar-refractivity contribution in [3.05, 3.63) is 23.3 Å². The second kappa shape index (κ2) is 2.73. The first kappa shape index (κ1) is 8.39. The van der Waals surface area contributed by atoms with Gasteiger partial charge in [-0.05, 0) is 24.6 Å². The van der Waals surface area contributed by atoms with Gasteiger partial charge in [-0.1, -0.05) is 5.75 Å². The maximum atomic E-state index is 11.0. The zero-order valence-corrected chi connectivity index (χ0v) is 6.50. The lowest BCUT2D eigenvalue weighted by atomic mass is 10.1. The Labute approximate surface area is 69.3 Å². The Hall–Kier alpha value is -1.71. The Kier molecular flexibility index (Phi) is 1.91. The molecule has 0 unspecified atom stereocenters. The number of nitrogen functional groups attached to an aromatic ring is 1. The van der Waals surface area contributed by atoms with Gasteiger partial charge in [-0.15, -0.1) is 0 Å². The molecule has 3 N–H and O–H groups in total. The molecule has 0 amide bonds. The van der Waals surface area contributed by atoms with Crippen molar-refractivity contribution < 1.29 is 15.0 Å². The number of nitrogens with two attached hydrogens (primary N) is 1. The van der Waals surface area contributed by atoms with E-state index in [1.54, 1.807) is 6.92 Å². The van der Waals surface area contributed by atoms with E-state index in [0.717, 1.165) is 6.07 Å². The van der Waals surface area contributed by atoms with Crippen LogP contribution in [0.15, 0.2) is 12.1 Å². The number of carbonyl (C=O) groups is 1. The molecule has 0 saturated heterocycles. The van der Waals surface area contributed by atoms with Crippen molar-refractivity contribution in [3.63, 3.8) is 0 Å². The average molecular weight is 166 g/mol. The lowest BCUT2D eigenvalue weighted by Crippen LogP contribution is -2.07. The van der Waals surface area contributed by atoms with Crippen LogP contribution in [0.3, 0.4) is 0 Å². The highest BCUT2D eigenvalue weighted by atomic mass is 16.4. The Bertz CT molecular complexity index is 310. The van der Waals surface area contributed by atoms with E-state index in [9.17, 15) is 9.90 Å². The monoisotopic (exact) mass is 166 g/mol. The predicted molar refractivity (Wildman–Crippen MR) is 42.0 cm³/mol. The van der Waals surface area contributed by atoms with Gasteiger partial charge in [-0.2, -0.15) is 0 Å². The fourth-order valence-electron chi connectivity index (χ4n) is 1.06. The van der Waals surface area contributed by atoms with Gasteiger partial charge in [0.2, 0.25) is 0 Å². The van der Waals surface area contributed by atoms with Crippen LogP contribution in [-0.2, 0) is 0 Å². The molecule has 0 heterocycles. The molecule has 0 atom stereocenters. The summed E-state index contributed by atoms with van der Waals surface area (Å²) < 4.78 is 0. The molecule has 0 radical (unpaired) electrons. The minimum Gasteiger partial charge on any atom is -0.872 e. The van der Waals surface area contributed by atoms with Crippen molar-refractivity contribution in [2.45, 2.75) is 6.92 Å². The lowest BCUT2D eigenvalue weighted by molar-refractivity contribution is -0.268. The molecule has 0 saturated carbocycles. The van der Waals surface area contributed by atoms with E-state index in [4.69, 9.17) is 10.8 Å². The van der Waals surface area contributed by atoms with Crippen LogP contribution >= 0.6 is 0 Å². The number of aryl methyl sites for hydroxylation is 1. The summed E-state index contributed by atoms with van der Waals surface area (Å²) in [5.41, 5.74) is 5.82. The topological polar surface area (TPSA) is 86.4 Å². The van der Waals surface area contributed by atoms with Crippen molar-refractivity contribution in [3.8, 4) is 5.75 Å². The van der Waals surface area contributed by atoms with Gasteiger partial charge in [0.25, 0.3) is 0 Å². The molecule has 0 aromatic heterocycles.